The highest BCUT2D eigenvalue weighted by atomic mass is 32.1. The van der Waals surface area contributed by atoms with Crippen LogP contribution in [0.25, 0.3) is 0 Å². The van der Waals surface area contributed by atoms with Gasteiger partial charge in [-0.3, -0.25) is 9.69 Å². The molecule has 2 heterocycles. The average molecular weight is 282 g/mol. The van der Waals surface area contributed by atoms with Gasteiger partial charge in [-0.05, 0) is 27.4 Å². The summed E-state index contributed by atoms with van der Waals surface area (Å²) < 4.78 is 0. The van der Waals surface area contributed by atoms with E-state index in [4.69, 9.17) is 0 Å². The van der Waals surface area contributed by atoms with Crippen molar-refractivity contribution in [3.63, 3.8) is 0 Å². The highest BCUT2D eigenvalue weighted by Gasteiger charge is 2.25. The van der Waals surface area contributed by atoms with E-state index in [-0.39, 0.29) is 5.91 Å². The maximum atomic E-state index is 11.9. The fourth-order valence-electron chi connectivity index (χ4n) is 2.31. The van der Waals surface area contributed by atoms with Crippen molar-refractivity contribution in [2.75, 3.05) is 33.7 Å². The van der Waals surface area contributed by atoms with Crippen LogP contribution in [0, 0.1) is 6.92 Å². The third-order valence-corrected chi connectivity index (χ3v) is 4.30. The monoisotopic (exact) mass is 282 g/mol. The van der Waals surface area contributed by atoms with E-state index in [0.717, 1.165) is 30.2 Å². The fraction of sp³-hybridized carbons (Fsp3) is 0.692. The zero-order valence-electron chi connectivity index (χ0n) is 11.8. The molecule has 0 spiro atoms. The molecule has 1 aliphatic rings. The summed E-state index contributed by atoms with van der Waals surface area (Å²) in [7, 11) is 4.19. The van der Waals surface area contributed by atoms with Crippen LogP contribution in [-0.2, 0) is 11.3 Å². The van der Waals surface area contributed by atoms with E-state index in [0.29, 0.717) is 19.1 Å². The molecule has 19 heavy (non-hydrogen) atoms. The van der Waals surface area contributed by atoms with Crippen LogP contribution in [0.5, 0.6) is 0 Å². The number of rotatable bonds is 5. The van der Waals surface area contributed by atoms with Gasteiger partial charge in [-0.25, -0.2) is 4.98 Å². The molecule has 0 unspecified atom stereocenters. The lowest BCUT2D eigenvalue weighted by molar-refractivity contribution is -0.122. The predicted molar refractivity (Wildman–Crippen MR) is 77.2 cm³/mol. The van der Waals surface area contributed by atoms with Crippen molar-refractivity contribution in [2.24, 2.45) is 0 Å². The summed E-state index contributed by atoms with van der Waals surface area (Å²) in [5.74, 6) is 0.0880. The standard InChI is InChI=1S/C13H22N4OS/c1-10-15-11(9-19-10)6-14-13(18)8-17-5-4-12(7-17)16(2)3/h9,12H,4-8H2,1-3H3,(H,14,18)/t12-/m1/s1. The van der Waals surface area contributed by atoms with Crippen molar-refractivity contribution in [1.29, 1.82) is 0 Å². The van der Waals surface area contributed by atoms with Gasteiger partial charge in [-0.1, -0.05) is 0 Å². The van der Waals surface area contributed by atoms with E-state index < -0.39 is 0 Å². The van der Waals surface area contributed by atoms with Gasteiger partial charge in [-0.15, -0.1) is 11.3 Å². The van der Waals surface area contributed by atoms with E-state index in [1.54, 1.807) is 11.3 Å². The molecular formula is C13H22N4OS. The van der Waals surface area contributed by atoms with Crippen molar-refractivity contribution in [2.45, 2.75) is 25.9 Å². The van der Waals surface area contributed by atoms with Gasteiger partial charge in [0, 0.05) is 24.5 Å². The topological polar surface area (TPSA) is 48.5 Å². The number of carbonyl (C=O) groups is 1. The summed E-state index contributed by atoms with van der Waals surface area (Å²) in [4.78, 5) is 20.6. The molecular weight excluding hydrogens is 260 g/mol. The zero-order chi connectivity index (χ0) is 13.8. The van der Waals surface area contributed by atoms with E-state index in [1.165, 1.54) is 0 Å². The maximum Gasteiger partial charge on any atom is 0.234 e. The molecule has 106 valence electrons. The number of thiazole rings is 1. The Morgan fingerprint density at radius 3 is 3.00 bits per heavy atom. The number of hydrogen-bond acceptors (Lipinski definition) is 5. The predicted octanol–water partition coefficient (Wildman–Crippen LogP) is 0.704. The molecule has 0 bridgehead atoms. The fourth-order valence-corrected chi connectivity index (χ4v) is 2.93. The number of nitrogens with one attached hydrogen (secondary N) is 1. The molecule has 6 heteroatoms. The van der Waals surface area contributed by atoms with Gasteiger partial charge < -0.3 is 10.2 Å². The largest absolute Gasteiger partial charge is 0.349 e. The molecule has 1 aromatic rings. The van der Waals surface area contributed by atoms with Crippen LogP contribution in [-0.4, -0.2) is 60.5 Å². The summed E-state index contributed by atoms with van der Waals surface area (Å²) in [6.45, 7) is 4.99. The Balaban J connectivity index is 1.70. The van der Waals surface area contributed by atoms with Crippen molar-refractivity contribution >= 4 is 17.2 Å². The minimum Gasteiger partial charge on any atom is -0.349 e. The first kappa shape index (κ1) is 14.4. The average Bonchev–Trinajstić information content (AvgIpc) is 2.96. The van der Waals surface area contributed by atoms with Crippen molar-refractivity contribution in [3.8, 4) is 0 Å². The second kappa shape index (κ2) is 6.45. The highest BCUT2D eigenvalue weighted by Crippen LogP contribution is 2.12. The summed E-state index contributed by atoms with van der Waals surface area (Å²) in [6.07, 6.45) is 1.14. The molecule has 1 fully saturated rings. The third-order valence-electron chi connectivity index (χ3n) is 3.48. The van der Waals surface area contributed by atoms with Crippen LogP contribution in [0.3, 0.4) is 0 Å². The van der Waals surface area contributed by atoms with Gasteiger partial charge in [0.15, 0.2) is 0 Å². The number of aryl methyl sites for hydroxylation is 1. The van der Waals surface area contributed by atoms with Crippen molar-refractivity contribution in [1.82, 2.24) is 20.1 Å². The van der Waals surface area contributed by atoms with Gasteiger partial charge >= 0.3 is 0 Å². The first-order chi connectivity index (χ1) is 9.04. The van der Waals surface area contributed by atoms with E-state index in [1.807, 2.05) is 12.3 Å². The lowest BCUT2D eigenvalue weighted by Gasteiger charge is -2.19. The molecule has 1 atom stereocenters. The molecule has 0 saturated carbocycles. The zero-order valence-corrected chi connectivity index (χ0v) is 12.7. The number of amides is 1. The number of likely N-dealkylation sites (tertiary alicyclic amines) is 1. The molecule has 5 nitrogen and oxygen atoms in total. The first-order valence-corrected chi connectivity index (χ1v) is 7.49. The minimum absolute atomic E-state index is 0.0880. The van der Waals surface area contributed by atoms with E-state index in [9.17, 15) is 4.79 Å². The molecule has 1 aromatic heterocycles. The normalized spacial score (nSPS) is 20.1. The molecule has 1 N–H and O–H groups in total. The molecule has 2 rings (SSSR count). The summed E-state index contributed by atoms with van der Waals surface area (Å²) in [6, 6.07) is 0.578. The van der Waals surface area contributed by atoms with Crippen LogP contribution in [0.2, 0.25) is 0 Å². The van der Waals surface area contributed by atoms with Gasteiger partial charge in [0.1, 0.15) is 0 Å². The molecule has 1 saturated heterocycles. The Kier molecular flexibility index (Phi) is 4.90. The lowest BCUT2D eigenvalue weighted by atomic mass is 10.2. The summed E-state index contributed by atoms with van der Waals surface area (Å²) in [5, 5.41) is 5.97. The number of likely N-dealkylation sites (N-methyl/N-ethyl adjacent to an activating group) is 1. The number of carbonyl (C=O) groups excluding carboxylic acids is 1. The molecule has 1 aliphatic heterocycles. The Morgan fingerprint density at radius 1 is 1.63 bits per heavy atom. The summed E-state index contributed by atoms with van der Waals surface area (Å²) in [5.41, 5.74) is 0.948. The van der Waals surface area contributed by atoms with Gasteiger partial charge in [0.25, 0.3) is 0 Å². The van der Waals surface area contributed by atoms with Crippen LogP contribution in [0.15, 0.2) is 5.38 Å². The second-order valence-electron chi connectivity index (χ2n) is 5.28. The Morgan fingerprint density at radius 2 is 2.42 bits per heavy atom. The molecule has 1 amide bonds. The van der Waals surface area contributed by atoms with E-state index in [2.05, 4.69) is 34.2 Å². The van der Waals surface area contributed by atoms with Crippen molar-refractivity contribution < 1.29 is 4.79 Å². The smallest absolute Gasteiger partial charge is 0.234 e. The number of nitrogens with zero attached hydrogens (tertiary/aromatic N) is 3. The summed E-state index contributed by atoms with van der Waals surface area (Å²) >= 11 is 1.61. The van der Waals surface area contributed by atoms with Gasteiger partial charge in [0.2, 0.25) is 5.91 Å². The molecule has 0 aromatic carbocycles. The number of hydrogen-bond donors (Lipinski definition) is 1. The Hall–Kier alpha value is -0.980. The minimum atomic E-state index is 0.0880. The lowest BCUT2D eigenvalue weighted by Crippen LogP contribution is -2.38. The molecule has 0 radical (unpaired) electrons. The van der Waals surface area contributed by atoms with Gasteiger partial charge in [0.05, 0.1) is 23.8 Å². The highest BCUT2D eigenvalue weighted by molar-refractivity contribution is 7.09. The van der Waals surface area contributed by atoms with Gasteiger partial charge in [-0.2, -0.15) is 0 Å². The van der Waals surface area contributed by atoms with Crippen molar-refractivity contribution in [3.05, 3.63) is 16.1 Å². The Bertz CT molecular complexity index is 432. The number of aromatic nitrogens is 1. The van der Waals surface area contributed by atoms with E-state index >= 15 is 0 Å². The van der Waals surface area contributed by atoms with Crippen LogP contribution in [0.4, 0.5) is 0 Å². The second-order valence-corrected chi connectivity index (χ2v) is 6.34. The molecule has 0 aliphatic carbocycles. The third kappa shape index (κ3) is 4.26. The van der Waals surface area contributed by atoms with Crippen LogP contribution >= 0.6 is 11.3 Å². The van der Waals surface area contributed by atoms with Crippen LogP contribution < -0.4 is 5.32 Å². The SMILES string of the molecule is Cc1nc(CNC(=O)CN2CC[C@@H](N(C)C)C2)cs1. The Labute approximate surface area is 118 Å². The van der Waals surface area contributed by atoms with Crippen LogP contribution in [0.1, 0.15) is 17.1 Å². The maximum absolute atomic E-state index is 11.9. The first-order valence-electron chi connectivity index (χ1n) is 6.61. The quantitative estimate of drug-likeness (QED) is 0.864.